The predicted octanol–water partition coefficient (Wildman–Crippen LogP) is 3.26. The molecule has 0 aliphatic heterocycles. The topological polar surface area (TPSA) is 61.9 Å². The van der Waals surface area contributed by atoms with Gasteiger partial charge in [-0.05, 0) is 30.7 Å². The third-order valence-corrected chi connectivity index (χ3v) is 2.78. The van der Waals surface area contributed by atoms with Crippen molar-refractivity contribution in [3.05, 3.63) is 58.8 Å². The van der Waals surface area contributed by atoms with Gasteiger partial charge in [0.15, 0.2) is 0 Å². The van der Waals surface area contributed by atoms with Crippen LogP contribution in [-0.4, -0.2) is 17.7 Å². The van der Waals surface area contributed by atoms with Crippen LogP contribution in [0.15, 0.2) is 41.0 Å². The molecule has 0 spiro atoms. The number of allylic oxidation sites excluding steroid dienone is 1. The van der Waals surface area contributed by atoms with Crippen LogP contribution in [0.2, 0.25) is 5.02 Å². The molecule has 19 heavy (non-hydrogen) atoms. The van der Waals surface area contributed by atoms with Gasteiger partial charge in [0, 0.05) is 17.8 Å². The molecule has 0 atom stereocenters. The zero-order valence-corrected chi connectivity index (χ0v) is 11.5. The summed E-state index contributed by atoms with van der Waals surface area (Å²) in [5.41, 5.74) is 2.64. The van der Waals surface area contributed by atoms with Crippen molar-refractivity contribution < 1.29 is 4.42 Å². The van der Waals surface area contributed by atoms with Gasteiger partial charge >= 0.3 is 0 Å². The Bertz CT molecular complexity index is 631. The van der Waals surface area contributed by atoms with E-state index in [2.05, 4.69) is 10.3 Å². The minimum atomic E-state index is 0.206. The molecule has 1 aromatic carbocycles. The number of hydrogen-bond acceptors (Lipinski definition) is 4. The zero-order chi connectivity index (χ0) is 13.8. The van der Waals surface area contributed by atoms with Crippen molar-refractivity contribution in [3.8, 4) is 0 Å². The summed E-state index contributed by atoms with van der Waals surface area (Å²) in [5.74, 6) is 0.298. The number of oxazole rings is 1. The molecule has 2 rings (SSSR count). The average molecular weight is 276 g/mol. The van der Waals surface area contributed by atoms with Crippen LogP contribution >= 0.6 is 11.6 Å². The van der Waals surface area contributed by atoms with Gasteiger partial charge < -0.3 is 9.73 Å². The number of rotatable bonds is 4. The molecule has 2 N–H and O–H groups in total. The number of aromatic nitrogens is 1. The van der Waals surface area contributed by atoms with Crippen LogP contribution in [0.5, 0.6) is 0 Å². The maximum atomic E-state index is 7.97. The molecule has 0 unspecified atom stereocenters. The zero-order valence-electron chi connectivity index (χ0n) is 10.7. The minimum absolute atomic E-state index is 0.206. The molecule has 1 heterocycles. The molecule has 0 aliphatic rings. The van der Waals surface area contributed by atoms with Crippen LogP contribution in [0.1, 0.15) is 17.1 Å². The van der Waals surface area contributed by atoms with E-state index in [1.54, 1.807) is 19.2 Å². The number of halogens is 1. The number of nitrogens with one attached hydrogen (secondary N) is 2. The van der Waals surface area contributed by atoms with Crippen LogP contribution in [0.4, 0.5) is 0 Å². The lowest BCUT2D eigenvalue weighted by atomic mass is 10.1. The van der Waals surface area contributed by atoms with E-state index in [0.29, 0.717) is 10.9 Å². The molecule has 2 aromatic rings. The lowest BCUT2D eigenvalue weighted by Crippen LogP contribution is -2.08. The van der Waals surface area contributed by atoms with Crippen molar-refractivity contribution in [2.24, 2.45) is 0 Å². The first-order valence-electron chi connectivity index (χ1n) is 5.76. The summed E-state index contributed by atoms with van der Waals surface area (Å²) in [6.07, 6.45) is 3.19. The Balaban J connectivity index is 2.31. The third kappa shape index (κ3) is 3.23. The first-order valence-corrected chi connectivity index (χ1v) is 6.14. The van der Waals surface area contributed by atoms with E-state index in [-0.39, 0.29) is 5.71 Å². The van der Waals surface area contributed by atoms with Crippen molar-refractivity contribution in [1.82, 2.24) is 10.3 Å². The van der Waals surface area contributed by atoms with Gasteiger partial charge in [0.1, 0.15) is 12.0 Å². The standard InChI is InChI=1S/C14H14ClN3O/c1-9-8-19-14(18-9)12(16)7-13(17-2)10-4-3-5-11(15)6-10/h3-8,16-17H,1-2H3/b13-7-,16-12?. The number of hydrogen-bond donors (Lipinski definition) is 2. The van der Waals surface area contributed by atoms with Gasteiger partial charge in [-0.2, -0.15) is 0 Å². The van der Waals surface area contributed by atoms with E-state index in [9.17, 15) is 0 Å². The molecule has 0 bridgehead atoms. The molecule has 0 saturated carbocycles. The normalized spacial score (nSPS) is 11.4. The van der Waals surface area contributed by atoms with Crippen LogP contribution in [0, 0.1) is 12.3 Å². The number of aryl methyl sites for hydroxylation is 1. The Morgan fingerprint density at radius 3 is 2.84 bits per heavy atom. The largest absolute Gasteiger partial charge is 0.443 e. The second kappa shape index (κ2) is 5.71. The summed E-state index contributed by atoms with van der Waals surface area (Å²) in [5, 5.41) is 11.7. The van der Waals surface area contributed by atoms with Gasteiger partial charge in [0.25, 0.3) is 0 Å². The van der Waals surface area contributed by atoms with E-state index in [0.717, 1.165) is 17.0 Å². The van der Waals surface area contributed by atoms with E-state index in [1.165, 1.54) is 6.26 Å². The van der Waals surface area contributed by atoms with Gasteiger partial charge in [-0.3, -0.25) is 5.41 Å². The molecular formula is C14H14ClN3O. The number of nitrogens with zero attached hydrogens (tertiary/aromatic N) is 1. The van der Waals surface area contributed by atoms with Crippen LogP contribution in [0.3, 0.4) is 0 Å². The third-order valence-electron chi connectivity index (χ3n) is 2.54. The highest BCUT2D eigenvalue weighted by atomic mass is 35.5. The maximum absolute atomic E-state index is 7.97. The highest BCUT2D eigenvalue weighted by Gasteiger charge is 2.08. The molecule has 0 amide bonds. The first-order chi connectivity index (χ1) is 9.10. The van der Waals surface area contributed by atoms with Crippen molar-refractivity contribution >= 4 is 23.0 Å². The van der Waals surface area contributed by atoms with Gasteiger partial charge in [0.05, 0.1) is 5.69 Å². The average Bonchev–Trinajstić information content (AvgIpc) is 2.82. The first kappa shape index (κ1) is 13.4. The van der Waals surface area contributed by atoms with Crippen LogP contribution in [0.25, 0.3) is 5.70 Å². The molecule has 0 radical (unpaired) electrons. The van der Waals surface area contributed by atoms with Crippen molar-refractivity contribution in [2.75, 3.05) is 7.05 Å². The van der Waals surface area contributed by atoms with Gasteiger partial charge in [-0.1, -0.05) is 23.7 Å². The molecule has 0 aliphatic carbocycles. The highest BCUT2D eigenvalue weighted by Crippen LogP contribution is 2.17. The van der Waals surface area contributed by atoms with E-state index >= 15 is 0 Å². The lowest BCUT2D eigenvalue weighted by molar-refractivity contribution is 0.546. The van der Waals surface area contributed by atoms with E-state index in [4.69, 9.17) is 21.4 Å². The molecule has 5 heteroatoms. The van der Waals surface area contributed by atoms with E-state index in [1.807, 2.05) is 25.1 Å². The fourth-order valence-corrected chi connectivity index (χ4v) is 1.83. The van der Waals surface area contributed by atoms with Gasteiger partial charge in [0.2, 0.25) is 5.89 Å². The Morgan fingerprint density at radius 2 is 2.26 bits per heavy atom. The second-order valence-electron chi connectivity index (χ2n) is 4.03. The smallest absolute Gasteiger partial charge is 0.244 e. The predicted molar refractivity (Wildman–Crippen MR) is 76.6 cm³/mol. The van der Waals surface area contributed by atoms with Crippen molar-refractivity contribution in [3.63, 3.8) is 0 Å². The van der Waals surface area contributed by atoms with Crippen LogP contribution in [-0.2, 0) is 0 Å². The highest BCUT2D eigenvalue weighted by molar-refractivity contribution is 6.30. The van der Waals surface area contributed by atoms with Gasteiger partial charge in [-0.25, -0.2) is 4.98 Å². The Labute approximate surface area is 116 Å². The summed E-state index contributed by atoms with van der Waals surface area (Å²) in [6, 6.07) is 7.42. The Hall–Kier alpha value is -2.07. The Kier molecular flexibility index (Phi) is 4.02. The quantitative estimate of drug-likeness (QED) is 0.842. The summed E-state index contributed by atoms with van der Waals surface area (Å²) >= 11 is 5.96. The lowest BCUT2D eigenvalue weighted by Gasteiger charge is -2.07. The molecule has 0 saturated heterocycles. The summed E-state index contributed by atoms with van der Waals surface area (Å²) < 4.78 is 5.20. The second-order valence-corrected chi connectivity index (χ2v) is 4.46. The fraction of sp³-hybridized carbons (Fsp3) is 0.143. The molecule has 1 aromatic heterocycles. The minimum Gasteiger partial charge on any atom is -0.443 e. The summed E-state index contributed by atoms with van der Waals surface area (Å²) in [6.45, 7) is 1.82. The SMILES string of the molecule is CN/C(=C\C(=N)c1nc(C)co1)c1cccc(Cl)c1. The van der Waals surface area contributed by atoms with Gasteiger partial charge in [-0.15, -0.1) is 0 Å². The molecule has 0 fully saturated rings. The fourth-order valence-electron chi connectivity index (χ4n) is 1.64. The monoisotopic (exact) mass is 275 g/mol. The summed E-state index contributed by atoms with van der Waals surface area (Å²) in [7, 11) is 1.79. The van der Waals surface area contributed by atoms with Crippen LogP contribution < -0.4 is 5.32 Å². The molecule has 4 nitrogen and oxygen atoms in total. The Morgan fingerprint density at radius 1 is 1.47 bits per heavy atom. The molecule has 98 valence electrons. The summed E-state index contributed by atoms with van der Waals surface area (Å²) in [4.78, 5) is 4.12. The number of benzene rings is 1. The van der Waals surface area contributed by atoms with Crippen molar-refractivity contribution in [1.29, 1.82) is 5.41 Å². The molecular weight excluding hydrogens is 262 g/mol. The van der Waals surface area contributed by atoms with Crippen molar-refractivity contribution in [2.45, 2.75) is 6.92 Å². The van der Waals surface area contributed by atoms with E-state index < -0.39 is 0 Å². The maximum Gasteiger partial charge on any atom is 0.244 e.